The molecule has 0 fully saturated rings. The number of sulfonamides is 2. The predicted octanol–water partition coefficient (Wildman–Crippen LogP) is 3.57. The van der Waals surface area contributed by atoms with Crippen molar-refractivity contribution in [1.82, 2.24) is 0 Å². The van der Waals surface area contributed by atoms with E-state index in [2.05, 4.69) is 9.44 Å². The van der Waals surface area contributed by atoms with Gasteiger partial charge in [-0.2, -0.15) is 0 Å². The van der Waals surface area contributed by atoms with Gasteiger partial charge in [0.1, 0.15) is 0 Å². The van der Waals surface area contributed by atoms with Crippen molar-refractivity contribution in [1.29, 1.82) is 0 Å². The predicted molar refractivity (Wildman–Crippen MR) is 101 cm³/mol. The van der Waals surface area contributed by atoms with E-state index in [-0.39, 0.29) is 9.79 Å². The van der Waals surface area contributed by atoms with Crippen LogP contribution < -0.4 is 9.44 Å². The molecule has 0 aliphatic heterocycles. The molecule has 3 aromatic rings. The highest BCUT2D eigenvalue weighted by atomic mass is 32.2. The van der Waals surface area contributed by atoms with Crippen LogP contribution in [0.4, 0.5) is 20.2 Å². The standard InChI is InChI=1S/C18H14F2N2O4S2/c19-15-11-17(21-27(23,24)13-7-3-1-4-8-13)18(12-16(15)20)22-28(25,26)14-9-5-2-6-10-14/h1-12,21-22H. The Morgan fingerprint density at radius 1 is 0.571 bits per heavy atom. The molecule has 2 N–H and O–H groups in total. The first-order chi connectivity index (χ1) is 13.2. The van der Waals surface area contributed by atoms with E-state index in [0.717, 1.165) is 0 Å². The van der Waals surface area contributed by atoms with E-state index < -0.39 is 43.1 Å². The lowest BCUT2D eigenvalue weighted by molar-refractivity contribution is 0.509. The fourth-order valence-electron chi connectivity index (χ4n) is 2.32. The highest BCUT2D eigenvalue weighted by Gasteiger charge is 2.21. The van der Waals surface area contributed by atoms with Gasteiger partial charge in [-0.15, -0.1) is 0 Å². The normalized spacial score (nSPS) is 11.8. The Kier molecular flexibility index (Phi) is 5.34. The van der Waals surface area contributed by atoms with E-state index in [0.29, 0.717) is 12.1 Å². The zero-order valence-corrected chi connectivity index (χ0v) is 15.8. The summed E-state index contributed by atoms with van der Waals surface area (Å²) in [5, 5.41) is 0. The average molecular weight is 424 g/mol. The molecule has 0 aliphatic rings. The molecule has 0 aliphatic carbocycles. The zero-order chi connectivity index (χ0) is 20.4. The van der Waals surface area contributed by atoms with Gasteiger partial charge in [0.25, 0.3) is 20.0 Å². The molecule has 28 heavy (non-hydrogen) atoms. The van der Waals surface area contributed by atoms with Crippen LogP contribution in [-0.4, -0.2) is 16.8 Å². The molecule has 0 aromatic heterocycles. The summed E-state index contributed by atoms with van der Waals surface area (Å²) in [5.41, 5.74) is -0.912. The molecule has 0 unspecified atom stereocenters. The van der Waals surface area contributed by atoms with Gasteiger partial charge in [-0.1, -0.05) is 36.4 Å². The van der Waals surface area contributed by atoms with Gasteiger partial charge in [0.15, 0.2) is 11.6 Å². The van der Waals surface area contributed by atoms with Gasteiger partial charge in [0.05, 0.1) is 21.2 Å². The van der Waals surface area contributed by atoms with Gasteiger partial charge in [-0.05, 0) is 24.3 Å². The quantitative estimate of drug-likeness (QED) is 0.633. The molecule has 3 rings (SSSR count). The van der Waals surface area contributed by atoms with Crippen LogP contribution in [0.2, 0.25) is 0 Å². The monoisotopic (exact) mass is 424 g/mol. The van der Waals surface area contributed by atoms with Crippen LogP contribution in [0.3, 0.4) is 0 Å². The van der Waals surface area contributed by atoms with E-state index in [1.807, 2.05) is 0 Å². The first kappa shape index (κ1) is 19.8. The summed E-state index contributed by atoms with van der Waals surface area (Å²) in [6, 6.07) is 15.5. The van der Waals surface area contributed by atoms with Gasteiger partial charge in [0, 0.05) is 12.1 Å². The molecule has 3 aromatic carbocycles. The number of halogens is 2. The van der Waals surface area contributed by atoms with Crippen LogP contribution in [0.25, 0.3) is 0 Å². The molecule has 10 heteroatoms. The number of hydrogen-bond acceptors (Lipinski definition) is 4. The van der Waals surface area contributed by atoms with Crippen molar-refractivity contribution in [3.05, 3.63) is 84.4 Å². The number of nitrogens with one attached hydrogen (secondary N) is 2. The van der Waals surface area contributed by atoms with Crippen LogP contribution in [0, 0.1) is 11.6 Å². The lowest BCUT2D eigenvalue weighted by Crippen LogP contribution is -2.18. The SMILES string of the molecule is O=S(=O)(Nc1cc(F)c(F)cc1NS(=O)(=O)c1ccccc1)c1ccccc1. The number of anilines is 2. The molecule has 6 nitrogen and oxygen atoms in total. The second kappa shape index (κ2) is 7.56. The summed E-state index contributed by atoms with van der Waals surface area (Å²) >= 11 is 0. The molecule has 0 heterocycles. The van der Waals surface area contributed by atoms with Crippen LogP contribution >= 0.6 is 0 Å². The smallest absolute Gasteiger partial charge is 0.261 e. The summed E-state index contributed by atoms with van der Waals surface area (Å²) in [4.78, 5) is -0.256. The summed E-state index contributed by atoms with van der Waals surface area (Å²) in [6.07, 6.45) is 0. The molecule has 0 amide bonds. The molecule has 0 atom stereocenters. The van der Waals surface area contributed by atoms with Crippen LogP contribution in [0.15, 0.2) is 82.6 Å². The highest BCUT2D eigenvalue weighted by molar-refractivity contribution is 7.93. The Labute approximate surface area is 160 Å². The Hall–Kier alpha value is -2.98. The topological polar surface area (TPSA) is 92.3 Å². The van der Waals surface area contributed by atoms with Gasteiger partial charge >= 0.3 is 0 Å². The van der Waals surface area contributed by atoms with Crippen molar-refractivity contribution >= 4 is 31.4 Å². The van der Waals surface area contributed by atoms with Crippen molar-refractivity contribution in [3.8, 4) is 0 Å². The van der Waals surface area contributed by atoms with E-state index >= 15 is 0 Å². The van der Waals surface area contributed by atoms with Gasteiger partial charge < -0.3 is 0 Å². The summed E-state index contributed by atoms with van der Waals surface area (Å²) in [6.45, 7) is 0. The molecule has 0 saturated heterocycles. The van der Waals surface area contributed by atoms with E-state index in [4.69, 9.17) is 0 Å². The lowest BCUT2D eigenvalue weighted by atomic mass is 10.2. The Morgan fingerprint density at radius 3 is 1.21 bits per heavy atom. The van der Waals surface area contributed by atoms with Crippen molar-refractivity contribution in [2.24, 2.45) is 0 Å². The highest BCUT2D eigenvalue weighted by Crippen LogP contribution is 2.29. The lowest BCUT2D eigenvalue weighted by Gasteiger charge is -2.15. The molecule has 0 bridgehead atoms. The first-order valence-corrected chi connectivity index (χ1v) is 10.8. The summed E-state index contributed by atoms with van der Waals surface area (Å²) < 4.78 is 81.5. The van der Waals surface area contributed by atoms with Crippen LogP contribution in [0.1, 0.15) is 0 Å². The minimum Gasteiger partial charge on any atom is -0.277 e. The van der Waals surface area contributed by atoms with Crippen molar-refractivity contribution in [3.63, 3.8) is 0 Å². The third-order valence-corrected chi connectivity index (χ3v) is 6.42. The van der Waals surface area contributed by atoms with E-state index in [9.17, 15) is 25.6 Å². The van der Waals surface area contributed by atoms with Crippen molar-refractivity contribution in [2.75, 3.05) is 9.44 Å². The Morgan fingerprint density at radius 2 is 0.893 bits per heavy atom. The van der Waals surface area contributed by atoms with Gasteiger partial charge in [0.2, 0.25) is 0 Å². The second-order valence-electron chi connectivity index (χ2n) is 5.65. The van der Waals surface area contributed by atoms with Crippen LogP contribution in [-0.2, 0) is 20.0 Å². The summed E-state index contributed by atoms with van der Waals surface area (Å²) in [5.74, 6) is -2.68. The van der Waals surface area contributed by atoms with Crippen molar-refractivity contribution < 1.29 is 25.6 Å². The van der Waals surface area contributed by atoms with Gasteiger partial charge in [-0.3, -0.25) is 9.44 Å². The van der Waals surface area contributed by atoms with E-state index in [1.165, 1.54) is 48.5 Å². The molecule has 0 saturated carbocycles. The Bertz CT molecular complexity index is 1100. The molecule has 0 radical (unpaired) electrons. The molecular weight excluding hydrogens is 410 g/mol. The third kappa shape index (κ3) is 4.29. The maximum absolute atomic E-state index is 13.7. The van der Waals surface area contributed by atoms with Crippen molar-refractivity contribution in [2.45, 2.75) is 9.79 Å². The minimum absolute atomic E-state index is 0.128. The maximum atomic E-state index is 13.7. The average Bonchev–Trinajstić information content (AvgIpc) is 2.67. The second-order valence-corrected chi connectivity index (χ2v) is 9.01. The fraction of sp³-hybridized carbons (Fsp3) is 0. The molecular formula is C18H14F2N2O4S2. The Balaban J connectivity index is 2.02. The fourth-order valence-corrected chi connectivity index (χ4v) is 4.51. The number of hydrogen-bond donors (Lipinski definition) is 2. The first-order valence-electron chi connectivity index (χ1n) is 7.84. The maximum Gasteiger partial charge on any atom is 0.261 e. The van der Waals surface area contributed by atoms with Crippen LogP contribution in [0.5, 0.6) is 0 Å². The molecule has 0 spiro atoms. The van der Waals surface area contributed by atoms with Gasteiger partial charge in [-0.25, -0.2) is 25.6 Å². The zero-order valence-electron chi connectivity index (χ0n) is 14.1. The number of benzene rings is 3. The van der Waals surface area contributed by atoms with E-state index in [1.54, 1.807) is 12.1 Å². The largest absolute Gasteiger partial charge is 0.277 e. The minimum atomic E-state index is -4.16. The number of rotatable bonds is 6. The summed E-state index contributed by atoms with van der Waals surface area (Å²) in [7, 11) is -8.32. The molecule has 146 valence electrons. The third-order valence-electron chi connectivity index (χ3n) is 3.66.